The summed E-state index contributed by atoms with van der Waals surface area (Å²) in [5.74, 6) is 0. The maximum absolute atomic E-state index is 6.84. The van der Waals surface area contributed by atoms with Crippen LogP contribution in [0, 0.1) is 0 Å². The molecule has 4 heteroatoms. The summed E-state index contributed by atoms with van der Waals surface area (Å²) in [4.78, 5) is 0. The molecule has 0 aromatic heterocycles. The van der Waals surface area contributed by atoms with Crippen molar-refractivity contribution in [2.24, 2.45) is 0 Å². The van der Waals surface area contributed by atoms with E-state index in [0.717, 1.165) is 11.5 Å². The molecule has 0 heterocycles. The molecule has 0 atom stereocenters. The summed E-state index contributed by atoms with van der Waals surface area (Å²) in [6, 6.07) is 38.1. The second-order valence-corrected chi connectivity index (χ2v) is 10.9. The van der Waals surface area contributed by atoms with Crippen molar-refractivity contribution in [3.8, 4) is 0 Å². The first kappa shape index (κ1) is 21.9. The highest BCUT2D eigenvalue weighted by molar-refractivity contribution is 7.95. The molecule has 0 aliphatic carbocycles. The summed E-state index contributed by atoms with van der Waals surface area (Å²) < 4.78 is 0. The first-order chi connectivity index (χ1) is 13.7. The van der Waals surface area contributed by atoms with Gasteiger partial charge in [-0.25, -0.2) is 0 Å². The van der Waals surface area contributed by atoms with Crippen LogP contribution >= 0.6 is 30.5 Å². The third-order valence-electron chi connectivity index (χ3n) is 5.00. The van der Waals surface area contributed by atoms with Gasteiger partial charge in [0.25, 0.3) is 0 Å². The zero-order valence-electron chi connectivity index (χ0n) is 15.7. The van der Waals surface area contributed by atoms with E-state index in [1.807, 2.05) is 12.1 Å². The lowest BCUT2D eigenvalue weighted by Crippen LogP contribution is -3.00. The molecule has 4 rings (SSSR count). The Labute approximate surface area is 189 Å². The Morgan fingerprint density at radius 1 is 0.552 bits per heavy atom. The Morgan fingerprint density at radius 3 is 1.55 bits per heavy atom. The third kappa shape index (κ3) is 4.37. The molecule has 0 bridgehead atoms. The van der Waals surface area contributed by atoms with E-state index in [0.29, 0.717) is 10.0 Å². The van der Waals surface area contributed by atoms with Crippen molar-refractivity contribution < 1.29 is 12.4 Å². The van der Waals surface area contributed by atoms with Crippen LogP contribution in [0.4, 0.5) is 0 Å². The molecule has 4 aromatic rings. The van der Waals surface area contributed by atoms with Gasteiger partial charge in [0, 0.05) is 0 Å². The lowest BCUT2D eigenvalue weighted by molar-refractivity contribution is -0.00000524. The minimum absolute atomic E-state index is 0. The van der Waals surface area contributed by atoms with Gasteiger partial charge in [0.15, 0.2) is 0 Å². The van der Waals surface area contributed by atoms with Crippen molar-refractivity contribution in [2.75, 3.05) is 0 Å². The van der Waals surface area contributed by atoms with E-state index in [4.69, 9.17) is 23.2 Å². The van der Waals surface area contributed by atoms with Crippen LogP contribution in [0.25, 0.3) is 0 Å². The van der Waals surface area contributed by atoms with Crippen molar-refractivity contribution in [3.05, 3.63) is 125 Å². The quantitative estimate of drug-likeness (QED) is 0.403. The standard InChI is InChI=1S/C25H20Cl2P.ClH/c26-23-17-10-18-24(25(23)27)28(21-13-6-2-7-14-21,22-15-8-3-9-16-22)19-20-11-4-1-5-12-20;/h1-18H,19H2;1H/q+1;/p-1. The average molecular weight is 458 g/mol. The highest BCUT2D eigenvalue weighted by Crippen LogP contribution is 2.59. The number of hydrogen-bond acceptors (Lipinski definition) is 0. The Balaban J connectivity index is 0.00000240. The van der Waals surface area contributed by atoms with Crippen LogP contribution in [0.15, 0.2) is 109 Å². The lowest BCUT2D eigenvalue weighted by atomic mass is 10.2. The van der Waals surface area contributed by atoms with Crippen molar-refractivity contribution in [3.63, 3.8) is 0 Å². The molecule has 0 fully saturated rings. The highest BCUT2D eigenvalue weighted by Gasteiger charge is 2.47. The van der Waals surface area contributed by atoms with Gasteiger partial charge in [-0.2, -0.15) is 0 Å². The van der Waals surface area contributed by atoms with Crippen LogP contribution in [-0.4, -0.2) is 0 Å². The van der Waals surface area contributed by atoms with E-state index < -0.39 is 7.26 Å². The lowest BCUT2D eigenvalue weighted by Gasteiger charge is -2.28. The molecule has 0 saturated carbocycles. The zero-order chi connectivity index (χ0) is 19.4. The van der Waals surface area contributed by atoms with Crippen molar-refractivity contribution in [1.29, 1.82) is 0 Å². The SMILES string of the molecule is Clc1cccc([P+](Cc2ccccc2)(c2ccccc2)c2ccccc2)c1Cl.[Cl-]. The Hall–Kier alpha value is -1.82. The second kappa shape index (κ2) is 9.79. The van der Waals surface area contributed by atoms with Gasteiger partial charge in [-0.3, -0.25) is 0 Å². The van der Waals surface area contributed by atoms with Crippen LogP contribution in [0.2, 0.25) is 10.0 Å². The molecule has 0 radical (unpaired) electrons. The van der Waals surface area contributed by atoms with Gasteiger partial charge in [0.2, 0.25) is 0 Å². The van der Waals surface area contributed by atoms with E-state index in [1.165, 1.54) is 16.2 Å². The van der Waals surface area contributed by atoms with E-state index in [-0.39, 0.29) is 12.4 Å². The normalized spacial score (nSPS) is 11.0. The van der Waals surface area contributed by atoms with Crippen molar-refractivity contribution in [1.82, 2.24) is 0 Å². The molecular weight excluding hydrogens is 438 g/mol. The summed E-state index contributed by atoms with van der Waals surface area (Å²) in [5.41, 5.74) is 1.29. The van der Waals surface area contributed by atoms with Gasteiger partial charge in [-0.15, -0.1) is 0 Å². The number of rotatable bonds is 5. The zero-order valence-corrected chi connectivity index (χ0v) is 18.8. The topological polar surface area (TPSA) is 0 Å². The first-order valence-corrected chi connectivity index (χ1v) is 11.9. The Kier molecular flexibility index (Phi) is 7.38. The fraction of sp³-hybridized carbons (Fsp3) is 0.0400. The largest absolute Gasteiger partial charge is 1.00 e. The van der Waals surface area contributed by atoms with Gasteiger partial charge >= 0.3 is 0 Å². The molecule has 0 spiro atoms. The summed E-state index contributed by atoms with van der Waals surface area (Å²) in [5, 5.41) is 4.98. The fourth-order valence-corrected chi connectivity index (χ4v) is 8.81. The molecule has 0 aliphatic rings. The number of benzene rings is 4. The minimum atomic E-state index is -2.06. The highest BCUT2D eigenvalue weighted by atomic mass is 35.5. The van der Waals surface area contributed by atoms with E-state index >= 15 is 0 Å². The number of hydrogen-bond donors (Lipinski definition) is 0. The Morgan fingerprint density at radius 2 is 1.03 bits per heavy atom. The Bertz CT molecular complexity index is 1010. The average Bonchev–Trinajstić information content (AvgIpc) is 2.76. The molecule has 0 aliphatic heterocycles. The van der Waals surface area contributed by atoms with E-state index in [1.54, 1.807) is 0 Å². The maximum atomic E-state index is 6.84. The monoisotopic (exact) mass is 456 g/mol. The van der Waals surface area contributed by atoms with Gasteiger partial charge < -0.3 is 12.4 Å². The smallest absolute Gasteiger partial charge is 0.125 e. The van der Waals surface area contributed by atoms with Gasteiger partial charge in [0.05, 0.1) is 11.2 Å². The van der Waals surface area contributed by atoms with Gasteiger partial charge in [0.1, 0.15) is 28.2 Å². The fourth-order valence-electron chi connectivity index (χ4n) is 3.70. The summed E-state index contributed by atoms with van der Waals surface area (Å²) in [6.07, 6.45) is 0.891. The molecule has 0 amide bonds. The van der Waals surface area contributed by atoms with Crippen molar-refractivity contribution in [2.45, 2.75) is 6.16 Å². The van der Waals surface area contributed by atoms with Gasteiger partial charge in [-0.05, 0) is 42.0 Å². The molecule has 0 N–H and O–H groups in total. The molecule has 29 heavy (non-hydrogen) atoms. The molecule has 0 unspecified atom stereocenters. The molecule has 4 aromatic carbocycles. The van der Waals surface area contributed by atoms with Crippen LogP contribution in [0.1, 0.15) is 5.56 Å². The summed E-state index contributed by atoms with van der Waals surface area (Å²) in [7, 11) is -2.06. The summed E-state index contributed by atoms with van der Waals surface area (Å²) in [6.45, 7) is 0. The molecule has 146 valence electrons. The minimum Gasteiger partial charge on any atom is -1.00 e. The van der Waals surface area contributed by atoms with Crippen molar-refractivity contribution >= 4 is 46.4 Å². The molecule has 0 nitrogen and oxygen atoms in total. The summed E-state index contributed by atoms with van der Waals surface area (Å²) >= 11 is 13.3. The number of halogens is 3. The van der Waals surface area contributed by atoms with Crippen LogP contribution in [0.3, 0.4) is 0 Å². The third-order valence-corrected chi connectivity index (χ3v) is 10.3. The first-order valence-electron chi connectivity index (χ1n) is 9.19. The van der Waals surface area contributed by atoms with Crippen LogP contribution in [-0.2, 0) is 6.16 Å². The van der Waals surface area contributed by atoms with Crippen LogP contribution < -0.4 is 28.3 Å². The molecule has 0 saturated heterocycles. The van der Waals surface area contributed by atoms with Crippen LogP contribution in [0.5, 0.6) is 0 Å². The predicted molar refractivity (Wildman–Crippen MR) is 125 cm³/mol. The van der Waals surface area contributed by atoms with Gasteiger partial charge in [-0.1, -0.05) is 96.0 Å². The predicted octanol–water partition coefficient (Wildman–Crippen LogP) is 3.49. The maximum Gasteiger partial charge on any atom is 0.125 e. The molecular formula is C25H20Cl3P. The second-order valence-electron chi connectivity index (χ2n) is 6.70. The van der Waals surface area contributed by atoms with E-state index in [2.05, 4.69) is 97.1 Å². The van der Waals surface area contributed by atoms with E-state index in [9.17, 15) is 0 Å².